The Morgan fingerprint density at radius 1 is 1.37 bits per heavy atom. The molecule has 2 nitrogen and oxygen atoms in total. The minimum atomic E-state index is 0.177. The molecule has 0 radical (unpaired) electrons. The zero-order valence-electron chi connectivity index (χ0n) is 12.4. The van der Waals surface area contributed by atoms with E-state index in [4.69, 9.17) is 4.99 Å². The zero-order valence-corrected chi connectivity index (χ0v) is 12.4. The van der Waals surface area contributed by atoms with Crippen LogP contribution in [0.2, 0.25) is 0 Å². The second kappa shape index (κ2) is 5.28. The van der Waals surface area contributed by atoms with Gasteiger partial charge in [0.15, 0.2) is 0 Å². The molecule has 2 rings (SSSR count). The molecule has 1 unspecified atom stereocenters. The number of carbonyl (C=O) groups excluding carboxylic acids is 1. The lowest BCUT2D eigenvalue weighted by Gasteiger charge is -2.33. The fourth-order valence-electron chi connectivity index (χ4n) is 2.71. The van der Waals surface area contributed by atoms with Gasteiger partial charge in [0.05, 0.1) is 6.04 Å². The Morgan fingerprint density at radius 2 is 2.11 bits per heavy atom. The first-order valence-corrected chi connectivity index (χ1v) is 7.02. The van der Waals surface area contributed by atoms with Crippen LogP contribution in [0.5, 0.6) is 0 Å². The number of nitrogens with zero attached hydrogens (tertiary/aromatic N) is 1. The highest BCUT2D eigenvalue weighted by molar-refractivity contribution is 6.01. The number of benzene rings is 1. The molecule has 0 fully saturated rings. The third kappa shape index (κ3) is 2.94. The Labute approximate surface area is 115 Å². The van der Waals surface area contributed by atoms with Crippen molar-refractivity contribution in [2.75, 3.05) is 0 Å². The van der Waals surface area contributed by atoms with Gasteiger partial charge in [-0.25, -0.2) is 0 Å². The molecule has 0 aliphatic carbocycles. The van der Waals surface area contributed by atoms with Gasteiger partial charge in [-0.1, -0.05) is 39.0 Å². The summed E-state index contributed by atoms with van der Waals surface area (Å²) >= 11 is 0. The number of aldehydes is 1. The predicted molar refractivity (Wildman–Crippen MR) is 80.0 cm³/mol. The van der Waals surface area contributed by atoms with Crippen molar-refractivity contribution >= 4 is 12.0 Å². The summed E-state index contributed by atoms with van der Waals surface area (Å²) < 4.78 is 0. The van der Waals surface area contributed by atoms with Crippen molar-refractivity contribution in [1.29, 1.82) is 0 Å². The Kier molecular flexibility index (Phi) is 3.88. The summed E-state index contributed by atoms with van der Waals surface area (Å²) in [6.07, 6.45) is 3.44. The third-order valence-electron chi connectivity index (χ3n) is 3.94. The van der Waals surface area contributed by atoms with Crippen molar-refractivity contribution in [2.24, 2.45) is 10.4 Å². The molecule has 0 N–H and O–H groups in total. The van der Waals surface area contributed by atoms with Crippen LogP contribution >= 0.6 is 0 Å². The molecule has 1 aliphatic heterocycles. The van der Waals surface area contributed by atoms with E-state index in [1.165, 1.54) is 16.7 Å². The third-order valence-corrected chi connectivity index (χ3v) is 3.94. The highest BCUT2D eigenvalue weighted by Gasteiger charge is 2.29. The Bertz CT molecular complexity index is 508. The number of aryl methyl sites for hydroxylation is 1. The second-order valence-corrected chi connectivity index (χ2v) is 6.45. The topological polar surface area (TPSA) is 29.4 Å². The van der Waals surface area contributed by atoms with E-state index in [0.717, 1.165) is 24.8 Å². The van der Waals surface area contributed by atoms with Crippen molar-refractivity contribution in [3.63, 3.8) is 0 Å². The maximum Gasteiger partial charge on any atom is 0.120 e. The minimum absolute atomic E-state index is 0.177. The largest absolute Gasteiger partial charge is 0.303 e. The van der Waals surface area contributed by atoms with Crippen molar-refractivity contribution in [2.45, 2.75) is 53.0 Å². The van der Waals surface area contributed by atoms with Gasteiger partial charge in [-0.05, 0) is 41.9 Å². The lowest BCUT2D eigenvalue weighted by atomic mass is 9.78. The second-order valence-electron chi connectivity index (χ2n) is 6.45. The number of hydrogen-bond acceptors (Lipinski definition) is 2. The van der Waals surface area contributed by atoms with Crippen LogP contribution in [-0.2, 0) is 17.6 Å². The smallest absolute Gasteiger partial charge is 0.120 e. The quantitative estimate of drug-likeness (QED) is 0.761. The van der Waals surface area contributed by atoms with Crippen LogP contribution in [0.4, 0.5) is 0 Å². The van der Waals surface area contributed by atoms with Crippen LogP contribution in [0.3, 0.4) is 0 Å². The van der Waals surface area contributed by atoms with Crippen molar-refractivity contribution in [3.8, 4) is 0 Å². The van der Waals surface area contributed by atoms with Crippen LogP contribution in [0, 0.1) is 5.41 Å². The number of fused-ring (bicyclic) bond motifs is 1. The van der Waals surface area contributed by atoms with Crippen LogP contribution in [-0.4, -0.2) is 18.0 Å². The summed E-state index contributed by atoms with van der Waals surface area (Å²) in [5, 5.41) is 0. The molecule has 1 aromatic rings. The summed E-state index contributed by atoms with van der Waals surface area (Å²) in [5.74, 6) is 0. The maximum absolute atomic E-state index is 10.6. The molecule has 0 saturated heterocycles. The number of hydrogen-bond donors (Lipinski definition) is 0. The SMILES string of the molecule is CC1=NC(C(C)(C)C)Cc2c(CCC=O)cccc21. The summed E-state index contributed by atoms with van der Waals surface area (Å²) in [4.78, 5) is 15.5. The Hall–Kier alpha value is -1.44. The van der Waals surface area contributed by atoms with Crippen molar-refractivity contribution < 1.29 is 4.79 Å². The normalized spacial score (nSPS) is 18.7. The first-order chi connectivity index (χ1) is 8.93. The van der Waals surface area contributed by atoms with Crippen LogP contribution in [0.1, 0.15) is 50.8 Å². The lowest BCUT2D eigenvalue weighted by molar-refractivity contribution is -0.107. The fourth-order valence-corrected chi connectivity index (χ4v) is 2.71. The van der Waals surface area contributed by atoms with Crippen LogP contribution in [0.15, 0.2) is 23.2 Å². The van der Waals surface area contributed by atoms with E-state index in [1.54, 1.807) is 0 Å². The van der Waals surface area contributed by atoms with Crippen LogP contribution < -0.4 is 0 Å². The average molecular weight is 257 g/mol. The highest BCUT2D eigenvalue weighted by Crippen LogP contribution is 2.32. The molecule has 1 atom stereocenters. The van der Waals surface area contributed by atoms with Gasteiger partial charge in [0, 0.05) is 12.1 Å². The first kappa shape index (κ1) is 14.0. The Balaban J connectivity index is 2.40. The molecule has 2 heteroatoms. The minimum Gasteiger partial charge on any atom is -0.303 e. The number of carbonyl (C=O) groups is 1. The molecule has 1 aliphatic rings. The molecular weight excluding hydrogens is 234 g/mol. The molecule has 0 saturated carbocycles. The summed E-state index contributed by atoms with van der Waals surface area (Å²) in [6, 6.07) is 6.71. The van der Waals surface area contributed by atoms with Crippen LogP contribution in [0.25, 0.3) is 0 Å². The summed E-state index contributed by atoms with van der Waals surface area (Å²) in [5.41, 5.74) is 5.29. The molecule has 0 amide bonds. The van der Waals surface area contributed by atoms with Gasteiger partial charge < -0.3 is 4.79 Å². The molecule has 0 bridgehead atoms. The molecule has 102 valence electrons. The molecule has 1 heterocycles. The van der Waals surface area contributed by atoms with Crippen molar-refractivity contribution in [3.05, 3.63) is 34.9 Å². The van der Waals surface area contributed by atoms with E-state index >= 15 is 0 Å². The first-order valence-electron chi connectivity index (χ1n) is 7.02. The zero-order chi connectivity index (χ0) is 14.0. The summed E-state index contributed by atoms with van der Waals surface area (Å²) in [6.45, 7) is 8.83. The van der Waals surface area contributed by atoms with Crippen molar-refractivity contribution in [1.82, 2.24) is 0 Å². The van der Waals surface area contributed by atoms with E-state index < -0.39 is 0 Å². The summed E-state index contributed by atoms with van der Waals surface area (Å²) in [7, 11) is 0. The molecular formula is C17H23NO. The van der Waals surface area contributed by atoms with Gasteiger partial charge in [0.25, 0.3) is 0 Å². The molecule has 1 aromatic carbocycles. The van der Waals surface area contributed by atoms with E-state index in [-0.39, 0.29) is 5.41 Å². The molecule has 19 heavy (non-hydrogen) atoms. The van der Waals surface area contributed by atoms with Gasteiger partial charge in [0.2, 0.25) is 0 Å². The number of aliphatic imine (C=N–C) groups is 1. The molecule has 0 spiro atoms. The fraction of sp³-hybridized carbons (Fsp3) is 0.529. The standard InChI is InChI=1S/C17H23NO/c1-12-14-9-5-7-13(8-6-10-19)15(14)11-16(18-12)17(2,3)4/h5,7,9-10,16H,6,8,11H2,1-4H3. The van der Waals surface area contributed by atoms with E-state index in [0.29, 0.717) is 12.5 Å². The molecule has 0 aromatic heterocycles. The Morgan fingerprint density at radius 3 is 2.74 bits per heavy atom. The van der Waals surface area contributed by atoms with Gasteiger partial charge in [-0.3, -0.25) is 4.99 Å². The predicted octanol–water partition coefficient (Wildman–Crippen LogP) is 3.60. The number of rotatable bonds is 3. The maximum atomic E-state index is 10.6. The average Bonchev–Trinajstić information content (AvgIpc) is 2.35. The highest BCUT2D eigenvalue weighted by atomic mass is 16.1. The monoisotopic (exact) mass is 257 g/mol. The van der Waals surface area contributed by atoms with E-state index in [1.807, 2.05) is 0 Å². The van der Waals surface area contributed by atoms with Gasteiger partial charge in [0.1, 0.15) is 6.29 Å². The van der Waals surface area contributed by atoms with Gasteiger partial charge >= 0.3 is 0 Å². The van der Waals surface area contributed by atoms with Gasteiger partial charge in [-0.2, -0.15) is 0 Å². The van der Waals surface area contributed by atoms with Gasteiger partial charge in [-0.15, -0.1) is 0 Å². The van der Waals surface area contributed by atoms with E-state index in [9.17, 15) is 4.79 Å². The lowest BCUT2D eigenvalue weighted by Crippen LogP contribution is -2.32. The van der Waals surface area contributed by atoms with E-state index in [2.05, 4.69) is 45.9 Å².